The summed E-state index contributed by atoms with van der Waals surface area (Å²) in [4.78, 5) is 18.9. The molecule has 2 aromatic rings. The molecule has 0 aliphatic heterocycles. The van der Waals surface area contributed by atoms with E-state index >= 15 is 0 Å². The smallest absolute Gasteiger partial charge is 0.305 e. The summed E-state index contributed by atoms with van der Waals surface area (Å²) in [6.45, 7) is 1.53. The van der Waals surface area contributed by atoms with Crippen LogP contribution in [0, 0.1) is 31.9 Å². The van der Waals surface area contributed by atoms with Crippen LogP contribution in [-0.2, 0) is 13.0 Å². The molecule has 9 heteroatoms. The highest BCUT2D eigenvalue weighted by Gasteiger charge is 2.14. The van der Waals surface area contributed by atoms with Crippen LogP contribution in [0.3, 0.4) is 0 Å². The summed E-state index contributed by atoms with van der Waals surface area (Å²) in [7, 11) is 0. The molecule has 1 N–H and O–H groups in total. The van der Waals surface area contributed by atoms with Crippen molar-refractivity contribution in [1.82, 2.24) is 0 Å². The van der Waals surface area contributed by atoms with E-state index < -0.39 is 32.9 Å². The van der Waals surface area contributed by atoms with Crippen molar-refractivity contribution < 1.29 is 23.7 Å². The lowest BCUT2D eigenvalue weighted by Crippen LogP contribution is -1.94. The fourth-order valence-corrected chi connectivity index (χ4v) is 1.71. The minimum atomic E-state index is -0.891. The number of nitrogens with zero attached hydrogens (tertiary/aromatic N) is 2. The van der Waals surface area contributed by atoms with E-state index in [-0.39, 0.29) is 6.61 Å². The van der Waals surface area contributed by atoms with E-state index in [4.69, 9.17) is 5.11 Å². The molecule has 0 amide bonds. The molecule has 0 aliphatic rings. The standard InChI is InChI=1S/C8H8FNO2.C7H6FNO3/c1-2-6-3-4-7(9)8(5-6)10(11)12;8-6-2-1-5(4-10)3-7(6)9(11)12/h3-5H,2H2,1H3;1-3,10H,4H2. The van der Waals surface area contributed by atoms with Gasteiger partial charge in [-0.15, -0.1) is 0 Å². The first-order chi connectivity index (χ1) is 11.3. The second kappa shape index (κ2) is 8.63. The Bertz CT molecular complexity index is 689. The van der Waals surface area contributed by atoms with Crippen molar-refractivity contribution >= 4 is 11.4 Å². The Kier molecular flexibility index (Phi) is 6.87. The van der Waals surface area contributed by atoms with E-state index in [1.807, 2.05) is 6.92 Å². The van der Waals surface area contributed by atoms with Crippen molar-refractivity contribution in [2.75, 3.05) is 0 Å². The molecule has 0 radical (unpaired) electrons. The maximum atomic E-state index is 12.7. The predicted octanol–water partition coefficient (Wildman–Crippen LogP) is 3.52. The largest absolute Gasteiger partial charge is 0.392 e. The van der Waals surface area contributed by atoms with E-state index in [0.29, 0.717) is 12.0 Å². The average Bonchev–Trinajstić information content (AvgIpc) is 2.56. The molecule has 0 bridgehead atoms. The Morgan fingerprint density at radius 2 is 1.33 bits per heavy atom. The van der Waals surface area contributed by atoms with Crippen LogP contribution in [0.1, 0.15) is 18.1 Å². The van der Waals surface area contributed by atoms with Gasteiger partial charge in [-0.3, -0.25) is 20.2 Å². The number of nitro groups is 2. The van der Waals surface area contributed by atoms with E-state index in [9.17, 15) is 29.0 Å². The van der Waals surface area contributed by atoms with E-state index in [1.165, 1.54) is 12.1 Å². The molecule has 0 aliphatic carbocycles. The Hall–Kier alpha value is -2.94. The van der Waals surface area contributed by atoms with Gasteiger partial charge < -0.3 is 5.11 Å². The normalized spacial score (nSPS) is 9.83. The Morgan fingerprint density at radius 3 is 1.71 bits per heavy atom. The molecular weight excluding hydrogens is 326 g/mol. The lowest BCUT2D eigenvalue weighted by Gasteiger charge is -1.96. The van der Waals surface area contributed by atoms with Gasteiger partial charge in [-0.05, 0) is 29.7 Å². The molecule has 0 heterocycles. The summed E-state index contributed by atoms with van der Waals surface area (Å²) < 4.78 is 25.3. The molecule has 24 heavy (non-hydrogen) atoms. The maximum Gasteiger partial charge on any atom is 0.305 e. The summed E-state index contributed by atoms with van der Waals surface area (Å²) in [5.74, 6) is -1.67. The van der Waals surface area contributed by atoms with Gasteiger partial charge in [0.05, 0.1) is 16.5 Å². The van der Waals surface area contributed by atoms with Gasteiger partial charge in [0.25, 0.3) is 0 Å². The van der Waals surface area contributed by atoms with Crippen LogP contribution in [-0.4, -0.2) is 15.0 Å². The van der Waals surface area contributed by atoms with Crippen LogP contribution in [0.25, 0.3) is 0 Å². The van der Waals surface area contributed by atoms with Crippen molar-refractivity contribution in [2.24, 2.45) is 0 Å². The second-order valence-corrected chi connectivity index (χ2v) is 4.60. The van der Waals surface area contributed by atoms with Crippen molar-refractivity contribution in [3.05, 3.63) is 79.4 Å². The molecule has 0 saturated heterocycles. The van der Waals surface area contributed by atoms with Gasteiger partial charge in [-0.2, -0.15) is 8.78 Å². The van der Waals surface area contributed by atoms with Crippen molar-refractivity contribution in [3.8, 4) is 0 Å². The molecule has 7 nitrogen and oxygen atoms in total. The zero-order valence-electron chi connectivity index (χ0n) is 12.6. The quantitative estimate of drug-likeness (QED) is 0.677. The van der Waals surface area contributed by atoms with Crippen LogP contribution in [0.15, 0.2) is 36.4 Å². The number of rotatable bonds is 4. The molecule has 128 valence electrons. The van der Waals surface area contributed by atoms with Crippen LogP contribution in [0.2, 0.25) is 0 Å². The van der Waals surface area contributed by atoms with Gasteiger partial charge in [0.15, 0.2) is 0 Å². The van der Waals surface area contributed by atoms with E-state index in [1.54, 1.807) is 6.07 Å². The number of benzene rings is 2. The van der Waals surface area contributed by atoms with Gasteiger partial charge in [0, 0.05) is 12.1 Å². The number of nitro benzene ring substituents is 2. The van der Waals surface area contributed by atoms with Crippen LogP contribution in [0.5, 0.6) is 0 Å². The van der Waals surface area contributed by atoms with Gasteiger partial charge >= 0.3 is 11.4 Å². The zero-order chi connectivity index (χ0) is 18.3. The first kappa shape index (κ1) is 19.1. The topological polar surface area (TPSA) is 107 Å². The Labute approximate surface area is 135 Å². The maximum absolute atomic E-state index is 12.7. The molecular formula is C15H14F2N2O5. The van der Waals surface area contributed by atoms with Crippen LogP contribution < -0.4 is 0 Å². The summed E-state index contributed by atoms with van der Waals surface area (Å²) >= 11 is 0. The second-order valence-electron chi connectivity index (χ2n) is 4.60. The van der Waals surface area contributed by atoms with Crippen LogP contribution >= 0.6 is 0 Å². The van der Waals surface area contributed by atoms with Gasteiger partial charge in [-0.25, -0.2) is 0 Å². The first-order valence-corrected chi connectivity index (χ1v) is 6.76. The number of aliphatic hydroxyl groups is 1. The third-order valence-corrected chi connectivity index (χ3v) is 3.01. The summed E-state index contributed by atoms with van der Waals surface area (Å²) in [6, 6.07) is 7.19. The zero-order valence-corrected chi connectivity index (χ0v) is 12.6. The Morgan fingerprint density at radius 1 is 0.917 bits per heavy atom. The third-order valence-electron chi connectivity index (χ3n) is 3.01. The van der Waals surface area contributed by atoms with Gasteiger partial charge in [0.1, 0.15) is 0 Å². The number of aryl methyl sites for hydroxylation is 1. The highest BCUT2D eigenvalue weighted by atomic mass is 19.1. The van der Waals surface area contributed by atoms with E-state index in [2.05, 4.69) is 0 Å². The SMILES string of the molecule is CCc1ccc(F)c([N+](=O)[O-])c1.O=[N+]([O-])c1cc(CO)ccc1F. The number of halogens is 2. The molecule has 0 unspecified atom stereocenters. The molecule has 0 spiro atoms. The van der Waals surface area contributed by atoms with Crippen LogP contribution in [0.4, 0.5) is 20.2 Å². The predicted molar refractivity (Wildman–Crippen MR) is 81.4 cm³/mol. The van der Waals surface area contributed by atoms with Crippen molar-refractivity contribution in [2.45, 2.75) is 20.0 Å². The number of aliphatic hydroxyl groups excluding tert-OH is 1. The molecule has 2 aromatic carbocycles. The highest BCUT2D eigenvalue weighted by molar-refractivity contribution is 5.36. The monoisotopic (exact) mass is 340 g/mol. The minimum Gasteiger partial charge on any atom is -0.392 e. The Balaban J connectivity index is 0.000000240. The fraction of sp³-hybridized carbons (Fsp3) is 0.200. The summed E-state index contributed by atoms with van der Waals surface area (Å²) in [5, 5.41) is 29.0. The molecule has 0 aromatic heterocycles. The third kappa shape index (κ3) is 5.06. The molecule has 0 saturated carbocycles. The average molecular weight is 340 g/mol. The van der Waals surface area contributed by atoms with E-state index in [0.717, 1.165) is 23.8 Å². The van der Waals surface area contributed by atoms with Crippen molar-refractivity contribution in [1.29, 1.82) is 0 Å². The van der Waals surface area contributed by atoms with Gasteiger partial charge in [-0.1, -0.05) is 19.1 Å². The minimum absolute atomic E-state index is 0.322. The fourth-order valence-electron chi connectivity index (χ4n) is 1.71. The highest BCUT2D eigenvalue weighted by Crippen LogP contribution is 2.19. The lowest BCUT2D eigenvalue weighted by molar-refractivity contribution is -0.387. The number of hydrogen-bond acceptors (Lipinski definition) is 5. The summed E-state index contributed by atoms with van der Waals surface area (Å²) in [5.41, 5.74) is 0.0297. The lowest BCUT2D eigenvalue weighted by atomic mass is 10.1. The van der Waals surface area contributed by atoms with Gasteiger partial charge in [0.2, 0.25) is 11.6 Å². The number of hydrogen-bond donors (Lipinski definition) is 1. The van der Waals surface area contributed by atoms with Crippen molar-refractivity contribution in [3.63, 3.8) is 0 Å². The summed E-state index contributed by atoms with van der Waals surface area (Å²) in [6.07, 6.45) is 0.668. The molecule has 0 fully saturated rings. The first-order valence-electron chi connectivity index (χ1n) is 6.76. The molecule has 0 atom stereocenters. The molecule has 2 rings (SSSR count).